The van der Waals surface area contributed by atoms with Gasteiger partial charge in [0.1, 0.15) is 22.7 Å². The molecule has 7 nitrogen and oxygen atoms in total. The molecule has 3 rings (SSSR count). The minimum absolute atomic E-state index is 0.0368. The molecule has 8 heteroatoms. The molecular formula is C23H31ClN4O3. The van der Waals surface area contributed by atoms with Crippen LogP contribution in [0.4, 0.5) is 11.8 Å². The predicted molar refractivity (Wildman–Crippen MR) is 123 cm³/mol. The molecule has 1 aromatic heterocycles. The van der Waals surface area contributed by atoms with Crippen LogP contribution in [-0.2, 0) is 4.79 Å². The third kappa shape index (κ3) is 6.08. The lowest BCUT2D eigenvalue weighted by Crippen LogP contribution is -2.30. The van der Waals surface area contributed by atoms with Crippen LogP contribution in [0.5, 0.6) is 5.75 Å². The van der Waals surface area contributed by atoms with Crippen molar-refractivity contribution in [3.8, 4) is 5.75 Å². The number of carbonyl (C=O) groups is 1. The average molecular weight is 447 g/mol. The summed E-state index contributed by atoms with van der Waals surface area (Å²) in [6.45, 7) is 8.38. The van der Waals surface area contributed by atoms with Gasteiger partial charge in [-0.3, -0.25) is 0 Å². The molecule has 1 saturated heterocycles. The van der Waals surface area contributed by atoms with Crippen molar-refractivity contribution in [3.05, 3.63) is 41.0 Å². The second-order valence-electron chi connectivity index (χ2n) is 8.00. The van der Waals surface area contributed by atoms with Crippen LogP contribution in [0.25, 0.3) is 0 Å². The van der Waals surface area contributed by atoms with E-state index >= 15 is 0 Å². The van der Waals surface area contributed by atoms with Gasteiger partial charge in [-0.15, -0.1) is 0 Å². The van der Waals surface area contributed by atoms with Crippen LogP contribution in [0, 0.1) is 0 Å². The number of rotatable bonds is 10. The number of aliphatic hydroxyl groups is 1. The Bertz CT molecular complexity index is 878. The van der Waals surface area contributed by atoms with Gasteiger partial charge in [0.15, 0.2) is 5.82 Å². The molecule has 2 heterocycles. The highest BCUT2D eigenvalue weighted by Gasteiger charge is 2.27. The molecule has 0 unspecified atom stereocenters. The third-order valence-corrected chi connectivity index (χ3v) is 5.80. The molecule has 0 aliphatic carbocycles. The fourth-order valence-corrected chi connectivity index (χ4v) is 4.09. The maximum Gasteiger partial charge on any atom is 0.227 e. The smallest absolute Gasteiger partial charge is 0.227 e. The fourth-order valence-electron chi connectivity index (χ4n) is 3.88. The van der Waals surface area contributed by atoms with E-state index in [1.54, 1.807) is 13.1 Å². The highest BCUT2D eigenvalue weighted by molar-refractivity contribution is 6.32. The first-order valence-corrected chi connectivity index (χ1v) is 11.2. The highest BCUT2D eigenvalue weighted by atomic mass is 35.5. The number of hydrogen-bond acceptors (Lipinski definition) is 7. The van der Waals surface area contributed by atoms with Crippen LogP contribution in [0.3, 0.4) is 0 Å². The van der Waals surface area contributed by atoms with Gasteiger partial charge in [-0.05, 0) is 37.5 Å². The number of Topliss-reactive ketones (excluding diaryl/α,β-unsaturated/α-hetero) is 1. The predicted octanol–water partition coefficient (Wildman–Crippen LogP) is 3.69. The number of ketones is 1. The molecule has 0 saturated carbocycles. The summed E-state index contributed by atoms with van der Waals surface area (Å²) < 4.78 is 6.18. The molecule has 2 atom stereocenters. The Hall–Kier alpha value is -2.38. The van der Waals surface area contributed by atoms with Gasteiger partial charge in [0.25, 0.3) is 0 Å². The van der Waals surface area contributed by atoms with Crippen LogP contribution in [0.1, 0.15) is 45.1 Å². The maximum absolute atomic E-state index is 11.3. The molecule has 0 radical (unpaired) electrons. The van der Waals surface area contributed by atoms with E-state index in [-0.39, 0.29) is 24.4 Å². The van der Waals surface area contributed by atoms with E-state index < -0.39 is 0 Å². The molecule has 1 fully saturated rings. The van der Waals surface area contributed by atoms with E-state index in [0.29, 0.717) is 42.8 Å². The summed E-state index contributed by atoms with van der Waals surface area (Å²) in [7, 11) is 0. The second-order valence-corrected chi connectivity index (χ2v) is 8.40. The summed E-state index contributed by atoms with van der Waals surface area (Å²) in [5.74, 6) is 2.48. The van der Waals surface area contributed by atoms with Gasteiger partial charge in [0.2, 0.25) is 5.95 Å². The summed E-state index contributed by atoms with van der Waals surface area (Å²) in [4.78, 5) is 24.4. The summed E-state index contributed by atoms with van der Waals surface area (Å²) in [6.07, 6.45) is 3.07. The number of anilines is 2. The standard InChI is InChI=1S/C23H31ClN4O3/c1-4-27(11-12-29)23-25-14-21(24)22(26-23)28-10-9-20(15-28)31-19-7-5-18(6-8-19)16(2)13-17(3)30/h5-8,14,16,20,29H,4,9-13,15H2,1-3H3/t16-,20-/m1/s1. The Morgan fingerprint density at radius 3 is 2.77 bits per heavy atom. The molecule has 1 N–H and O–H groups in total. The first kappa shape index (κ1) is 23.3. The number of nitrogens with zero attached hydrogens (tertiary/aromatic N) is 4. The van der Waals surface area contributed by atoms with Crippen LogP contribution in [-0.4, -0.2) is 59.7 Å². The van der Waals surface area contributed by atoms with Crippen molar-refractivity contribution < 1.29 is 14.6 Å². The van der Waals surface area contributed by atoms with Crippen LogP contribution in [0.2, 0.25) is 5.02 Å². The summed E-state index contributed by atoms with van der Waals surface area (Å²) in [6, 6.07) is 8.00. The number of likely N-dealkylation sites (N-methyl/N-ethyl adjacent to an activating group) is 1. The van der Waals surface area contributed by atoms with Crippen molar-refractivity contribution in [2.75, 3.05) is 42.6 Å². The zero-order chi connectivity index (χ0) is 22.4. The van der Waals surface area contributed by atoms with E-state index in [0.717, 1.165) is 24.3 Å². The second kappa shape index (κ2) is 10.8. The zero-order valence-electron chi connectivity index (χ0n) is 18.4. The molecule has 0 bridgehead atoms. The third-order valence-electron chi connectivity index (χ3n) is 5.54. The number of halogens is 1. The number of aromatic nitrogens is 2. The van der Waals surface area contributed by atoms with Gasteiger partial charge in [0.05, 0.1) is 19.3 Å². The number of hydrogen-bond donors (Lipinski definition) is 1. The van der Waals surface area contributed by atoms with Crippen molar-refractivity contribution >= 4 is 29.2 Å². The van der Waals surface area contributed by atoms with Crippen molar-refractivity contribution in [2.24, 2.45) is 0 Å². The number of ether oxygens (including phenoxy) is 1. The van der Waals surface area contributed by atoms with Crippen LogP contribution in [0.15, 0.2) is 30.5 Å². The average Bonchev–Trinajstić information content (AvgIpc) is 3.20. The molecule has 0 spiro atoms. The Morgan fingerprint density at radius 2 is 2.13 bits per heavy atom. The van der Waals surface area contributed by atoms with Gasteiger partial charge in [-0.25, -0.2) is 4.98 Å². The molecule has 1 aliphatic heterocycles. The lowest BCUT2D eigenvalue weighted by Gasteiger charge is -2.23. The Labute approximate surface area is 189 Å². The van der Waals surface area contributed by atoms with Crippen LogP contribution >= 0.6 is 11.6 Å². The minimum atomic E-state index is 0.0368. The Morgan fingerprint density at radius 1 is 1.39 bits per heavy atom. The zero-order valence-corrected chi connectivity index (χ0v) is 19.2. The van der Waals surface area contributed by atoms with E-state index in [2.05, 4.69) is 21.8 Å². The lowest BCUT2D eigenvalue weighted by atomic mass is 9.96. The molecule has 1 aliphatic rings. The topological polar surface area (TPSA) is 78.8 Å². The van der Waals surface area contributed by atoms with Gasteiger partial charge >= 0.3 is 0 Å². The van der Waals surface area contributed by atoms with Crippen LogP contribution < -0.4 is 14.5 Å². The quantitative estimate of drug-likeness (QED) is 0.596. The van der Waals surface area contributed by atoms with E-state index in [1.807, 2.05) is 36.1 Å². The van der Waals surface area contributed by atoms with Crippen molar-refractivity contribution in [3.63, 3.8) is 0 Å². The molecule has 0 amide bonds. The van der Waals surface area contributed by atoms with E-state index in [9.17, 15) is 9.90 Å². The molecule has 31 heavy (non-hydrogen) atoms. The summed E-state index contributed by atoms with van der Waals surface area (Å²) in [5.41, 5.74) is 1.14. The molecule has 2 aromatic rings. The lowest BCUT2D eigenvalue weighted by molar-refractivity contribution is -0.117. The number of aliphatic hydroxyl groups excluding tert-OH is 1. The summed E-state index contributed by atoms with van der Waals surface area (Å²) in [5, 5.41) is 9.77. The maximum atomic E-state index is 11.3. The van der Waals surface area contributed by atoms with Crippen molar-refractivity contribution in [1.29, 1.82) is 0 Å². The minimum Gasteiger partial charge on any atom is -0.489 e. The van der Waals surface area contributed by atoms with E-state index in [1.165, 1.54) is 0 Å². The first-order chi connectivity index (χ1) is 14.9. The number of benzene rings is 1. The highest BCUT2D eigenvalue weighted by Crippen LogP contribution is 2.30. The monoisotopic (exact) mass is 446 g/mol. The van der Waals surface area contributed by atoms with Gasteiger partial charge in [-0.2, -0.15) is 4.98 Å². The molecular weight excluding hydrogens is 416 g/mol. The normalized spacial score (nSPS) is 16.9. The molecule has 1 aromatic carbocycles. The van der Waals surface area contributed by atoms with Crippen molar-refractivity contribution in [2.45, 2.75) is 45.6 Å². The van der Waals surface area contributed by atoms with Gasteiger partial charge < -0.3 is 24.4 Å². The SMILES string of the molecule is CCN(CCO)c1ncc(Cl)c(N2CC[C@@H](Oc3ccc([C@H](C)CC(C)=O)cc3)C2)n1. The van der Waals surface area contributed by atoms with Gasteiger partial charge in [0, 0.05) is 32.5 Å². The van der Waals surface area contributed by atoms with Crippen molar-refractivity contribution in [1.82, 2.24) is 9.97 Å². The largest absolute Gasteiger partial charge is 0.489 e. The Balaban J connectivity index is 1.63. The van der Waals surface area contributed by atoms with Gasteiger partial charge in [-0.1, -0.05) is 30.7 Å². The van der Waals surface area contributed by atoms with E-state index in [4.69, 9.17) is 16.3 Å². The summed E-state index contributed by atoms with van der Waals surface area (Å²) >= 11 is 6.39. The first-order valence-electron chi connectivity index (χ1n) is 10.8. The number of carbonyl (C=O) groups excluding carboxylic acids is 1. The molecule has 168 valence electrons. The Kier molecular flexibility index (Phi) is 8.09. The fraction of sp³-hybridized carbons (Fsp3) is 0.522.